The predicted molar refractivity (Wildman–Crippen MR) is 70.1 cm³/mol. The second-order valence-electron chi connectivity index (χ2n) is 4.43. The highest BCUT2D eigenvalue weighted by molar-refractivity contribution is 5.13. The van der Waals surface area contributed by atoms with Crippen LogP contribution in [-0.4, -0.2) is 18.2 Å². The van der Waals surface area contributed by atoms with Crippen molar-refractivity contribution in [3.63, 3.8) is 0 Å². The molecule has 0 unspecified atom stereocenters. The van der Waals surface area contributed by atoms with Crippen LogP contribution in [0.15, 0.2) is 40.6 Å². The molecular formula is C12H14N6O. The van der Waals surface area contributed by atoms with E-state index in [1.807, 2.05) is 30.3 Å². The lowest BCUT2D eigenvalue weighted by molar-refractivity contribution is 0.0441. The van der Waals surface area contributed by atoms with Crippen molar-refractivity contribution in [2.45, 2.75) is 37.6 Å². The van der Waals surface area contributed by atoms with Crippen LogP contribution in [0.5, 0.6) is 0 Å². The first-order valence-corrected chi connectivity index (χ1v) is 6.07. The van der Waals surface area contributed by atoms with Gasteiger partial charge >= 0.3 is 0 Å². The molecule has 0 heterocycles. The number of rotatable bonds is 5. The van der Waals surface area contributed by atoms with E-state index < -0.39 is 0 Å². The number of nitrogens with zero attached hydrogens (tertiary/aromatic N) is 6. The van der Waals surface area contributed by atoms with Crippen molar-refractivity contribution in [2.75, 3.05) is 0 Å². The SMILES string of the molecule is [N-]=[N+]=N[C@@H]1CC(OCc2ccccc2)C[C@H]1N=[N+]=[N-]. The van der Waals surface area contributed by atoms with Gasteiger partial charge in [0.15, 0.2) is 0 Å². The fourth-order valence-electron chi connectivity index (χ4n) is 2.25. The Morgan fingerprint density at radius 2 is 1.63 bits per heavy atom. The third-order valence-corrected chi connectivity index (χ3v) is 3.18. The van der Waals surface area contributed by atoms with E-state index in [1.165, 1.54) is 0 Å². The highest BCUT2D eigenvalue weighted by Gasteiger charge is 2.33. The number of azide groups is 2. The van der Waals surface area contributed by atoms with Gasteiger partial charge in [-0.3, -0.25) is 0 Å². The summed E-state index contributed by atoms with van der Waals surface area (Å²) in [5, 5.41) is 7.33. The van der Waals surface area contributed by atoms with Gasteiger partial charge in [-0.1, -0.05) is 40.6 Å². The van der Waals surface area contributed by atoms with Crippen molar-refractivity contribution in [1.29, 1.82) is 0 Å². The lowest BCUT2D eigenvalue weighted by Gasteiger charge is -2.11. The topological polar surface area (TPSA) is 107 Å². The number of ether oxygens (including phenoxy) is 1. The lowest BCUT2D eigenvalue weighted by Crippen LogP contribution is -2.12. The average Bonchev–Trinajstić information content (AvgIpc) is 2.81. The Morgan fingerprint density at radius 1 is 1.05 bits per heavy atom. The predicted octanol–water partition coefficient (Wildman–Crippen LogP) is 3.72. The molecule has 1 aliphatic rings. The van der Waals surface area contributed by atoms with E-state index in [4.69, 9.17) is 15.8 Å². The minimum atomic E-state index is -0.304. The van der Waals surface area contributed by atoms with Gasteiger partial charge in [-0.2, -0.15) is 0 Å². The van der Waals surface area contributed by atoms with Crippen LogP contribution in [0.2, 0.25) is 0 Å². The fraction of sp³-hybridized carbons (Fsp3) is 0.500. The van der Waals surface area contributed by atoms with E-state index in [1.54, 1.807) is 0 Å². The second-order valence-corrected chi connectivity index (χ2v) is 4.43. The van der Waals surface area contributed by atoms with Crippen molar-refractivity contribution < 1.29 is 4.74 Å². The first-order valence-electron chi connectivity index (χ1n) is 6.07. The van der Waals surface area contributed by atoms with E-state index in [9.17, 15) is 0 Å². The third kappa shape index (κ3) is 3.63. The number of hydrogen-bond donors (Lipinski definition) is 0. The minimum absolute atomic E-state index is 0.0359. The Morgan fingerprint density at radius 3 is 2.16 bits per heavy atom. The molecule has 7 nitrogen and oxygen atoms in total. The van der Waals surface area contributed by atoms with E-state index >= 15 is 0 Å². The summed E-state index contributed by atoms with van der Waals surface area (Å²) in [6.45, 7) is 0.511. The zero-order valence-corrected chi connectivity index (χ0v) is 10.3. The molecular weight excluding hydrogens is 244 g/mol. The normalized spacial score (nSPS) is 25.4. The molecule has 1 aromatic rings. The fourth-order valence-corrected chi connectivity index (χ4v) is 2.25. The highest BCUT2D eigenvalue weighted by Crippen LogP contribution is 2.28. The Balaban J connectivity index is 1.92. The molecule has 1 aliphatic carbocycles. The van der Waals surface area contributed by atoms with Gasteiger partial charge in [0.2, 0.25) is 0 Å². The zero-order valence-electron chi connectivity index (χ0n) is 10.3. The second kappa shape index (κ2) is 6.66. The maximum absolute atomic E-state index is 8.49. The molecule has 19 heavy (non-hydrogen) atoms. The van der Waals surface area contributed by atoms with Gasteiger partial charge in [0, 0.05) is 21.9 Å². The Kier molecular flexibility index (Phi) is 4.64. The van der Waals surface area contributed by atoms with E-state index in [0.29, 0.717) is 19.4 Å². The number of benzene rings is 1. The molecule has 0 aliphatic heterocycles. The summed E-state index contributed by atoms with van der Waals surface area (Å²) in [5.41, 5.74) is 18.1. The molecule has 0 radical (unpaired) electrons. The van der Waals surface area contributed by atoms with Gasteiger partial charge in [-0.15, -0.1) is 0 Å². The van der Waals surface area contributed by atoms with E-state index in [-0.39, 0.29) is 18.2 Å². The average molecular weight is 258 g/mol. The summed E-state index contributed by atoms with van der Waals surface area (Å²) >= 11 is 0. The quantitative estimate of drug-likeness (QED) is 0.447. The highest BCUT2D eigenvalue weighted by atomic mass is 16.5. The third-order valence-electron chi connectivity index (χ3n) is 3.18. The van der Waals surface area contributed by atoms with Crippen LogP contribution in [0.3, 0.4) is 0 Å². The molecule has 0 saturated heterocycles. The molecule has 0 spiro atoms. The standard InChI is InChI=1S/C12H14N6O/c13-17-15-11-6-10(7-12(11)16-18-14)19-8-9-4-2-1-3-5-9/h1-5,10-12H,6-8H2/t11-,12-/m1/s1. The molecule has 0 N–H and O–H groups in total. The van der Waals surface area contributed by atoms with Gasteiger partial charge in [-0.25, -0.2) is 0 Å². The summed E-state index contributed by atoms with van der Waals surface area (Å²) < 4.78 is 5.78. The molecule has 2 rings (SSSR count). The van der Waals surface area contributed by atoms with Crippen LogP contribution in [0.25, 0.3) is 20.9 Å². The van der Waals surface area contributed by atoms with Crippen LogP contribution in [-0.2, 0) is 11.3 Å². The molecule has 0 aromatic heterocycles. The van der Waals surface area contributed by atoms with Crippen LogP contribution in [0, 0.1) is 0 Å². The summed E-state index contributed by atoms with van der Waals surface area (Å²) in [4.78, 5) is 5.58. The van der Waals surface area contributed by atoms with Crippen LogP contribution in [0.4, 0.5) is 0 Å². The number of hydrogen-bond acceptors (Lipinski definition) is 3. The molecule has 1 saturated carbocycles. The van der Waals surface area contributed by atoms with E-state index in [2.05, 4.69) is 20.1 Å². The molecule has 2 atom stereocenters. The van der Waals surface area contributed by atoms with Crippen molar-refractivity contribution in [1.82, 2.24) is 0 Å². The minimum Gasteiger partial charge on any atom is -0.374 e. The maximum atomic E-state index is 8.49. The summed E-state index contributed by atoms with van der Waals surface area (Å²) in [6.07, 6.45) is 1.16. The van der Waals surface area contributed by atoms with Crippen LogP contribution in [0.1, 0.15) is 18.4 Å². The molecule has 7 heteroatoms. The van der Waals surface area contributed by atoms with Crippen molar-refractivity contribution in [3.8, 4) is 0 Å². The Hall–Kier alpha value is -2.20. The lowest BCUT2D eigenvalue weighted by atomic mass is 10.2. The molecule has 1 aromatic carbocycles. The summed E-state index contributed by atoms with van der Waals surface area (Å²) in [7, 11) is 0. The van der Waals surface area contributed by atoms with Gasteiger partial charge < -0.3 is 4.74 Å². The summed E-state index contributed by atoms with van der Waals surface area (Å²) in [6, 6.07) is 9.24. The van der Waals surface area contributed by atoms with Crippen LogP contribution < -0.4 is 0 Å². The molecule has 1 fully saturated rings. The molecule has 0 bridgehead atoms. The maximum Gasteiger partial charge on any atom is 0.0720 e. The van der Waals surface area contributed by atoms with Gasteiger partial charge in [0.1, 0.15) is 0 Å². The van der Waals surface area contributed by atoms with E-state index in [0.717, 1.165) is 5.56 Å². The molecule has 98 valence electrons. The first-order chi connectivity index (χ1) is 9.33. The van der Waals surface area contributed by atoms with Crippen molar-refractivity contribution in [3.05, 3.63) is 56.8 Å². The largest absolute Gasteiger partial charge is 0.374 e. The van der Waals surface area contributed by atoms with Gasteiger partial charge in [0.05, 0.1) is 12.7 Å². The van der Waals surface area contributed by atoms with Crippen molar-refractivity contribution in [2.24, 2.45) is 10.2 Å². The molecule has 0 amide bonds. The first kappa shape index (κ1) is 13.2. The zero-order chi connectivity index (χ0) is 13.5. The van der Waals surface area contributed by atoms with Crippen molar-refractivity contribution >= 4 is 0 Å². The van der Waals surface area contributed by atoms with Gasteiger partial charge in [0.25, 0.3) is 0 Å². The summed E-state index contributed by atoms with van der Waals surface area (Å²) in [5.74, 6) is 0. The van der Waals surface area contributed by atoms with Gasteiger partial charge in [-0.05, 0) is 29.5 Å². The Bertz CT molecular complexity index is 480. The van der Waals surface area contributed by atoms with Crippen LogP contribution >= 0.6 is 0 Å². The Labute approximate surface area is 110 Å². The monoisotopic (exact) mass is 258 g/mol. The smallest absolute Gasteiger partial charge is 0.0720 e.